The molecule has 0 aromatic rings. The van der Waals surface area contributed by atoms with Crippen molar-refractivity contribution in [3.63, 3.8) is 0 Å². The Morgan fingerprint density at radius 2 is 1.44 bits per heavy atom. The van der Waals surface area contributed by atoms with Gasteiger partial charge in [-0.1, -0.05) is 0 Å². The fourth-order valence-electron chi connectivity index (χ4n) is 0.113. The molecular formula is C2H2O5Sn2. The average Bonchev–Trinajstić information content (AvgIpc) is 1.63. The topological polar surface area (TPSA) is 83.8 Å². The van der Waals surface area contributed by atoms with Gasteiger partial charge in [-0.2, -0.15) is 0 Å². The Balaban J connectivity index is 3.10. The van der Waals surface area contributed by atoms with Crippen molar-refractivity contribution in [2.45, 2.75) is 0 Å². The second-order valence-electron chi connectivity index (χ2n) is 0.916. The van der Waals surface area contributed by atoms with Crippen molar-refractivity contribution in [3.05, 3.63) is 0 Å². The molecule has 0 aliphatic rings. The Kier molecular flexibility index (Phi) is 5.59. The van der Waals surface area contributed by atoms with Gasteiger partial charge >= 0.3 is 72.3 Å². The van der Waals surface area contributed by atoms with Crippen LogP contribution in [0.25, 0.3) is 0 Å². The summed E-state index contributed by atoms with van der Waals surface area (Å²) in [6, 6.07) is 0. The van der Waals surface area contributed by atoms with Crippen LogP contribution in [0.4, 0.5) is 9.59 Å². The molecule has 9 heavy (non-hydrogen) atoms. The predicted molar refractivity (Wildman–Crippen MR) is 28.6 cm³/mol. The monoisotopic (exact) mass is 346 g/mol. The number of rotatable bonds is 4. The van der Waals surface area contributed by atoms with Gasteiger partial charge in [0.05, 0.1) is 0 Å². The van der Waals surface area contributed by atoms with Crippen LogP contribution in [0.5, 0.6) is 0 Å². The Morgan fingerprint density at radius 1 is 1.11 bits per heavy atom. The molecule has 7 heteroatoms. The number of carboxylic acid groups (broad SMARTS) is 2. The zero-order valence-electron chi connectivity index (χ0n) is 4.12. The molecule has 0 aromatic carbocycles. The summed E-state index contributed by atoms with van der Waals surface area (Å²) in [6.45, 7) is 0. The maximum absolute atomic E-state index is 9.77. The minimum absolute atomic E-state index is 0.958. The molecule has 0 aliphatic heterocycles. The van der Waals surface area contributed by atoms with Crippen LogP contribution in [-0.2, 0) is 1.41 Å². The summed E-state index contributed by atoms with van der Waals surface area (Å²) < 4.78 is 2.58. The molecule has 0 bridgehead atoms. The Hall–Kier alpha value is 0.497. The summed E-state index contributed by atoms with van der Waals surface area (Å²) >= 11 is -3.66. The van der Waals surface area contributed by atoms with E-state index in [-0.39, 0.29) is 0 Å². The van der Waals surface area contributed by atoms with Crippen LogP contribution in [0.2, 0.25) is 0 Å². The normalized spacial score (nSPS) is 8.89. The van der Waals surface area contributed by atoms with Crippen LogP contribution in [0.1, 0.15) is 0 Å². The first-order chi connectivity index (χ1) is 4.13. The Morgan fingerprint density at radius 3 is 1.67 bits per heavy atom. The van der Waals surface area contributed by atoms with E-state index in [1.807, 2.05) is 0 Å². The van der Waals surface area contributed by atoms with Crippen LogP contribution < -0.4 is 0 Å². The average molecular weight is 343 g/mol. The minimum atomic E-state index is -1.83. The van der Waals surface area contributed by atoms with Crippen molar-refractivity contribution in [3.8, 4) is 0 Å². The van der Waals surface area contributed by atoms with Gasteiger partial charge in [0.25, 0.3) is 0 Å². The number of carbonyl (C=O) groups is 2. The molecule has 0 unspecified atom stereocenters. The quantitative estimate of drug-likeness (QED) is 0.679. The molecule has 5 nitrogen and oxygen atoms in total. The van der Waals surface area contributed by atoms with Crippen LogP contribution >= 0.6 is 0 Å². The zero-order chi connectivity index (χ0) is 7.28. The summed E-state index contributed by atoms with van der Waals surface area (Å²) in [7, 11) is 0. The van der Waals surface area contributed by atoms with Crippen molar-refractivity contribution in [2.75, 3.05) is 0 Å². The molecule has 4 radical (unpaired) electrons. The van der Waals surface area contributed by atoms with Crippen molar-refractivity contribution >= 4 is 51.1 Å². The van der Waals surface area contributed by atoms with E-state index in [0.29, 0.717) is 0 Å². The summed E-state index contributed by atoms with van der Waals surface area (Å²) in [5.41, 5.74) is 0. The van der Waals surface area contributed by atoms with E-state index in [9.17, 15) is 9.59 Å². The van der Waals surface area contributed by atoms with E-state index in [1.165, 1.54) is 0 Å². The summed E-state index contributed by atoms with van der Waals surface area (Å²) in [5.74, 6) is 0. The van der Waals surface area contributed by atoms with Crippen LogP contribution in [0, 0.1) is 0 Å². The van der Waals surface area contributed by atoms with Gasteiger partial charge in [0.15, 0.2) is 0 Å². The Bertz CT molecular complexity index is 108. The van der Waals surface area contributed by atoms with E-state index in [0.717, 1.165) is 0 Å². The first kappa shape index (κ1) is 9.50. The standard InChI is InChI=1S/2CHO2.O.2Sn/c2*2-1-3;;;/h2*(H,2,3);;;. The molecule has 0 aromatic heterocycles. The van der Waals surface area contributed by atoms with Gasteiger partial charge in [-0.3, -0.25) is 0 Å². The van der Waals surface area contributed by atoms with Gasteiger partial charge in [-0.15, -0.1) is 0 Å². The van der Waals surface area contributed by atoms with Gasteiger partial charge in [0.2, 0.25) is 0 Å². The van der Waals surface area contributed by atoms with E-state index >= 15 is 0 Å². The Labute approximate surface area is 71.9 Å². The first-order valence-electron chi connectivity index (χ1n) is 1.76. The molecule has 0 fully saturated rings. The number of hydrogen-bond acceptors (Lipinski definition) is 3. The third-order valence-corrected chi connectivity index (χ3v) is 5.76. The first-order valence-corrected chi connectivity index (χ1v) is 6.95. The van der Waals surface area contributed by atoms with E-state index in [4.69, 9.17) is 10.2 Å². The van der Waals surface area contributed by atoms with Crippen molar-refractivity contribution < 1.29 is 21.2 Å². The molecule has 0 amide bonds. The molecule has 0 saturated heterocycles. The van der Waals surface area contributed by atoms with E-state index < -0.39 is 51.1 Å². The third-order valence-electron chi connectivity index (χ3n) is 0.277. The molecule has 0 saturated carbocycles. The van der Waals surface area contributed by atoms with E-state index in [2.05, 4.69) is 1.41 Å². The zero-order valence-corrected chi connectivity index (χ0v) is 9.83. The summed E-state index contributed by atoms with van der Waals surface area (Å²) in [5, 5.41) is 16.0. The van der Waals surface area contributed by atoms with Crippen molar-refractivity contribution in [1.29, 1.82) is 0 Å². The molecule has 0 atom stereocenters. The van der Waals surface area contributed by atoms with E-state index in [1.54, 1.807) is 0 Å². The van der Waals surface area contributed by atoms with Gasteiger partial charge in [0.1, 0.15) is 0 Å². The summed E-state index contributed by atoms with van der Waals surface area (Å²) in [6.07, 6.45) is 0. The fraction of sp³-hybridized carbons (Fsp3) is 0. The maximum atomic E-state index is 9.77. The fourth-order valence-corrected chi connectivity index (χ4v) is 5.08. The SMILES string of the molecule is O=[C](O)[Sn][O][Sn][C](=O)O. The van der Waals surface area contributed by atoms with Gasteiger partial charge in [0, 0.05) is 0 Å². The molecule has 0 rings (SSSR count). The second kappa shape index (κ2) is 5.30. The van der Waals surface area contributed by atoms with Crippen LogP contribution in [0.15, 0.2) is 0 Å². The molecule has 0 spiro atoms. The van der Waals surface area contributed by atoms with Crippen LogP contribution in [-0.4, -0.2) is 61.3 Å². The molecule has 2 N–H and O–H groups in total. The third kappa shape index (κ3) is 8.50. The van der Waals surface area contributed by atoms with Gasteiger partial charge < -0.3 is 0 Å². The van der Waals surface area contributed by atoms with Crippen molar-refractivity contribution in [2.24, 2.45) is 0 Å². The summed E-state index contributed by atoms with van der Waals surface area (Å²) in [4.78, 5) is 19.5. The predicted octanol–water partition coefficient (Wildman–Crippen LogP) is -0.403. The number of hydrogen-bond donors (Lipinski definition) is 2. The van der Waals surface area contributed by atoms with Crippen LogP contribution in [0.3, 0.4) is 0 Å². The molecule has 0 aliphatic carbocycles. The molecule has 48 valence electrons. The van der Waals surface area contributed by atoms with Gasteiger partial charge in [-0.05, 0) is 0 Å². The molecule has 0 heterocycles. The molecular weight excluding hydrogens is 341 g/mol. The second-order valence-corrected chi connectivity index (χ2v) is 9.01. The van der Waals surface area contributed by atoms with Gasteiger partial charge in [-0.25, -0.2) is 0 Å². The van der Waals surface area contributed by atoms with Crippen molar-refractivity contribution in [1.82, 2.24) is 0 Å².